The first kappa shape index (κ1) is 21.7. The molecule has 6 nitrogen and oxygen atoms in total. The lowest BCUT2D eigenvalue weighted by Crippen LogP contribution is -2.04. The molecule has 7 aromatic rings. The number of fused-ring (bicyclic) bond motifs is 2. The molecule has 178 valence electrons. The van der Waals surface area contributed by atoms with Crippen LogP contribution >= 0.6 is 0 Å². The summed E-state index contributed by atoms with van der Waals surface area (Å²) in [7, 11) is 0. The number of hydrogen-bond acceptors (Lipinski definition) is 4. The van der Waals surface area contributed by atoms with E-state index < -0.39 is 0 Å². The first-order chi connectivity index (χ1) is 18.8. The summed E-state index contributed by atoms with van der Waals surface area (Å²) in [4.78, 5) is 14.4. The van der Waals surface area contributed by atoms with Gasteiger partial charge in [0.2, 0.25) is 0 Å². The maximum Gasteiger partial charge on any atom is 0.170 e. The molecule has 7 rings (SSSR count). The number of benzene rings is 4. The minimum Gasteiger partial charge on any atom is -0.299 e. The molecule has 4 aromatic carbocycles. The van der Waals surface area contributed by atoms with Gasteiger partial charge in [-0.15, -0.1) is 0 Å². The molecule has 3 heterocycles. The highest BCUT2D eigenvalue weighted by atomic mass is 15.2. The Balaban J connectivity index is 1.54. The maximum absolute atomic E-state index is 10.0. The molecule has 0 fully saturated rings. The highest BCUT2D eigenvalue weighted by Gasteiger charge is 2.21. The quantitative estimate of drug-likeness (QED) is 0.268. The number of rotatable bonds is 4. The van der Waals surface area contributed by atoms with Crippen molar-refractivity contribution in [2.75, 3.05) is 0 Å². The lowest BCUT2D eigenvalue weighted by molar-refractivity contribution is 1.02. The summed E-state index contributed by atoms with van der Waals surface area (Å²) in [6, 6.07) is 40.8. The summed E-state index contributed by atoms with van der Waals surface area (Å²) in [5.74, 6) is 1.37. The van der Waals surface area contributed by atoms with E-state index in [-0.39, 0.29) is 5.69 Å². The molecule has 0 radical (unpaired) electrons. The fourth-order valence-corrected chi connectivity index (χ4v) is 4.97. The van der Waals surface area contributed by atoms with Crippen molar-refractivity contribution in [2.45, 2.75) is 0 Å². The van der Waals surface area contributed by atoms with E-state index in [9.17, 15) is 5.26 Å². The van der Waals surface area contributed by atoms with Gasteiger partial charge < -0.3 is 0 Å². The largest absolute Gasteiger partial charge is 0.299 e. The fraction of sp³-hybridized carbons (Fsp3) is 0. The van der Waals surface area contributed by atoms with Gasteiger partial charge >= 0.3 is 0 Å². The predicted octanol–water partition coefficient (Wildman–Crippen LogP) is 6.97. The number of pyridine rings is 1. The Hall–Kier alpha value is -5.54. The van der Waals surface area contributed by atoms with E-state index in [0.717, 1.165) is 44.8 Å². The van der Waals surface area contributed by atoms with Gasteiger partial charge in [0.25, 0.3) is 0 Å². The summed E-state index contributed by atoms with van der Waals surface area (Å²) in [6.07, 6.45) is 1.74. The first-order valence-corrected chi connectivity index (χ1v) is 12.3. The van der Waals surface area contributed by atoms with Crippen LogP contribution in [0, 0.1) is 11.3 Å². The summed E-state index contributed by atoms with van der Waals surface area (Å²) in [5, 5.41) is 10.0. The molecule has 0 bridgehead atoms. The summed E-state index contributed by atoms with van der Waals surface area (Å²) in [5.41, 5.74) is 7.51. The number of para-hydroxylation sites is 3. The molecular weight excluding hydrogens is 468 g/mol. The lowest BCUT2D eigenvalue weighted by Gasteiger charge is -2.13. The van der Waals surface area contributed by atoms with E-state index in [2.05, 4.69) is 35.3 Å². The van der Waals surface area contributed by atoms with Crippen LogP contribution in [-0.2, 0) is 0 Å². The zero-order chi connectivity index (χ0) is 25.5. The Morgan fingerprint density at radius 1 is 0.658 bits per heavy atom. The van der Waals surface area contributed by atoms with E-state index in [0.29, 0.717) is 11.3 Å². The van der Waals surface area contributed by atoms with Crippen LogP contribution in [0.25, 0.3) is 56.1 Å². The molecule has 0 aliphatic heterocycles. The number of imidazole rings is 2. The van der Waals surface area contributed by atoms with Crippen molar-refractivity contribution in [3.05, 3.63) is 127 Å². The second-order valence-electron chi connectivity index (χ2n) is 8.93. The highest BCUT2D eigenvalue weighted by Crippen LogP contribution is 2.35. The van der Waals surface area contributed by atoms with Crippen molar-refractivity contribution in [3.8, 4) is 40.1 Å². The number of hydrogen-bond donors (Lipinski definition) is 0. The minimum atomic E-state index is 0.271. The summed E-state index contributed by atoms with van der Waals surface area (Å²) in [6.45, 7) is 0. The van der Waals surface area contributed by atoms with Gasteiger partial charge in [0.05, 0.1) is 16.6 Å². The molecule has 3 aromatic heterocycles. The van der Waals surface area contributed by atoms with E-state index in [1.165, 1.54) is 0 Å². The van der Waals surface area contributed by atoms with E-state index in [1.54, 1.807) is 6.33 Å². The molecule has 38 heavy (non-hydrogen) atoms. The maximum atomic E-state index is 10.0. The Labute approximate surface area is 218 Å². The number of nitriles is 1. The highest BCUT2D eigenvalue weighted by molar-refractivity contribution is 5.90. The Bertz CT molecular complexity index is 1980. The molecule has 0 atom stereocenters. The lowest BCUT2D eigenvalue weighted by atomic mass is 9.99. The van der Waals surface area contributed by atoms with Gasteiger partial charge in [-0.2, -0.15) is 5.26 Å². The van der Waals surface area contributed by atoms with Crippen molar-refractivity contribution in [1.82, 2.24) is 24.1 Å². The Morgan fingerprint density at radius 3 is 2.13 bits per heavy atom. The SMILES string of the molecule is N#Cc1nc(-n2c(-c3ccccc3-c3ccccc3)nc3ccccc32)cc2c1ncn2-c1ccccc1. The van der Waals surface area contributed by atoms with E-state index in [1.807, 2.05) is 100 Å². The summed E-state index contributed by atoms with van der Waals surface area (Å²) >= 11 is 0. The third-order valence-corrected chi connectivity index (χ3v) is 6.70. The molecular formula is C32H20N6. The smallest absolute Gasteiger partial charge is 0.170 e. The zero-order valence-corrected chi connectivity index (χ0v) is 20.2. The van der Waals surface area contributed by atoms with Crippen LogP contribution in [-0.4, -0.2) is 24.1 Å². The van der Waals surface area contributed by atoms with Gasteiger partial charge in [-0.3, -0.25) is 9.13 Å². The zero-order valence-electron chi connectivity index (χ0n) is 20.2. The van der Waals surface area contributed by atoms with Crippen LogP contribution in [0.3, 0.4) is 0 Å². The normalized spacial score (nSPS) is 11.1. The van der Waals surface area contributed by atoms with Crippen LogP contribution in [0.5, 0.6) is 0 Å². The van der Waals surface area contributed by atoms with Crippen molar-refractivity contribution in [2.24, 2.45) is 0 Å². The van der Waals surface area contributed by atoms with Gasteiger partial charge in [0.1, 0.15) is 29.6 Å². The third-order valence-electron chi connectivity index (χ3n) is 6.70. The Morgan fingerprint density at radius 2 is 1.34 bits per heavy atom. The van der Waals surface area contributed by atoms with Gasteiger partial charge in [-0.1, -0.05) is 84.9 Å². The number of nitrogens with zero attached hydrogens (tertiary/aromatic N) is 6. The van der Waals surface area contributed by atoms with Crippen LogP contribution < -0.4 is 0 Å². The van der Waals surface area contributed by atoms with Crippen molar-refractivity contribution in [3.63, 3.8) is 0 Å². The molecule has 0 amide bonds. The fourth-order valence-electron chi connectivity index (χ4n) is 4.97. The van der Waals surface area contributed by atoms with E-state index >= 15 is 0 Å². The van der Waals surface area contributed by atoms with Crippen LogP contribution in [0.1, 0.15) is 5.69 Å². The number of aromatic nitrogens is 5. The second kappa shape index (κ2) is 8.84. The van der Waals surface area contributed by atoms with Gasteiger partial charge in [-0.25, -0.2) is 15.0 Å². The van der Waals surface area contributed by atoms with Gasteiger partial charge in [0.15, 0.2) is 5.69 Å². The van der Waals surface area contributed by atoms with Gasteiger partial charge in [0, 0.05) is 17.3 Å². The van der Waals surface area contributed by atoms with Crippen LogP contribution in [0.2, 0.25) is 0 Å². The van der Waals surface area contributed by atoms with Crippen molar-refractivity contribution >= 4 is 22.1 Å². The summed E-state index contributed by atoms with van der Waals surface area (Å²) < 4.78 is 4.03. The average Bonchev–Trinajstić information content (AvgIpc) is 3.59. The molecule has 0 saturated carbocycles. The molecule has 0 N–H and O–H groups in total. The van der Waals surface area contributed by atoms with Crippen LogP contribution in [0.4, 0.5) is 0 Å². The van der Waals surface area contributed by atoms with Crippen molar-refractivity contribution < 1.29 is 0 Å². The molecule has 0 unspecified atom stereocenters. The minimum absolute atomic E-state index is 0.271. The van der Waals surface area contributed by atoms with Crippen molar-refractivity contribution in [1.29, 1.82) is 5.26 Å². The van der Waals surface area contributed by atoms with Gasteiger partial charge in [-0.05, 0) is 35.4 Å². The molecule has 0 aliphatic carbocycles. The molecule has 0 saturated heterocycles. The third kappa shape index (κ3) is 3.46. The monoisotopic (exact) mass is 488 g/mol. The molecule has 0 spiro atoms. The van der Waals surface area contributed by atoms with E-state index in [4.69, 9.17) is 9.97 Å². The second-order valence-corrected chi connectivity index (χ2v) is 8.93. The predicted molar refractivity (Wildman–Crippen MR) is 149 cm³/mol. The average molecular weight is 489 g/mol. The first-order valence-electron chi connectivity index (χ1n) is 12.3. The Kier molecular flexibility index (Phi) is 5.05. The molecule has 6 heteroatoms. The van der Waals surface area contributed by atoms with Crippen LogP contribution in [0.15, 0.2) is 122 Å². The standard InChI is InChI=1S/C32H20N6/c33-20-27-31-29(37(21-34-31)23-13-5-2-6-14-23)19-30(35-27)38-28-18-10-9-17-26(28)36-32(38)25-16-8-7-15-24(25)22-11-3-1-4-12-22/h1-19,21H. The topological polar surface area (TPSA) is 72.3 Å². The molecule has 0 aliphatic rings.